The van der Waals surface area contributed by atoms with E-state index in [1.54, 1.807) is 24.3 Å². The first kappa shape index (κ1) is 17.3. The minimum Gasteiger partial charge on any atom is -0.497 e. The molecule has 0 radical (unpaired) electrons. The highest BCUT2D eigenvalue weighted by atomic mass is 79.9. The number of carbonyl (C=O) groups is 1. The van der Waals surface area contributed by atoms with Gasteiger partial charge in [-0.15, -0.1) is 0 Å². The van der Waals surface area contributed by atoms with Gasteiger partial charge >= 0.3 is 12.1 Å². The number of methoxy groups -OCH3 is 2. The van der Waals surface area contributed by atoms with Crippen molar-refractivity contribution in [3.05, 3.63) is 45.7 Å². The average Bonchev–Trinajstić information content (AvgIpc) is 2.84. The normalized spacial score (nSPS) is 11.4. The van der Waals surface area contributed by atoms with E-state index in [1.165, 1.54) is 7.11 Å². The van der Waals surface area contributed by atoms with Crippen LogP contribution >= 0.6 is 15.9 Å². The van der Waals surface area contributed by atoms with E-state index in [4.69, 9.17) is 4.74 Å². The number of esters is 1. The van der Waals surface area contributed by atoms with Crippen LogP contribution in [0.15, 0.2) is 28.7 Å². The molecule has 5 nitrogen and oxygen atoms in total. The van der Waals surface area contributed by atoms with Crippen LogP contribution in [0.25, 0.3) is 0 Å². The summed E-state index contributed by atoms with van der Waals surface area (Å²) in [4.78, 5) is 11.8. The summed E-state index contributed by atoms with van der Waals surface area (Å²) in [6, 6.07) is 6.66. The van der Waals surface area contributed by atoms with Crippen molar-refractivity contribution in [3.63, 3.8) is 0 Å². The van der Waals surface area contributed by atoms with Gasteiger partial charge in [0, 0.05) is 0 Å². The molecular formula is C14H12BrF3N2O3. The summed E-state index contributed by atoms with van der Waals surface area (Å²) in [5, 5.41) is 3.50. The summed E-state index contributed by atoms with van der Waals surface area (Å²) in [5.41, 5.74) is -0.818. The number of aromatic nitrogens is 2. The largest absolute Gasteiger partial charge is 0.497 e. The van der Waals surface area contributed by atoms with Gasteiger partial charge in [-0.3, -0.25) is 4.68 Å². The summed E-state index contributed by atoms with van der Waals surface area (Å²) in [6.07, 6.45) is -4.69. The first-order valence-corrected chi connectivity index (χ1v) is 7.12. The maximum atomic E-state index is 13.0. The van der Waals surface area contributed by atoms with Crippen molar-refractivity contribution in [1.82, 2.24) is 9.78 Å². The number of alkyl halides is 3. The third-order valence-corrected chi connectivity index (χ3v) is 3.78. The van der Waals surface area contributed by atoms with E-state index in [2.05, 4.69) is 25.8 Å². The molecule has 9 heteroatoms. The molecule has 0 aliphatic rings. The van der Waals surface area contributed by atoms with E-state index in [-0.39, 0.29) is 12.2 Å². The molecule has 1 aromatic carbocycles. The molecule has 23 heavy (non-hydrogen) atoms. The Morgan fingerprint density at radius 1 is 1.26 bits per heavy atom. The lowest BCUT2D eigenvalue weighted by molar-refractivity contribution is -0.142. The van der Waals surface area contributed by atoms with Gasteiger partial charge in [0.1, 0.15) is 5.75 Å². The first-order valence-electron chi connectivity index (χ1n) is 6.32. The summed E-state index contributed by atoms with van der Waals surface area (Å²) in [5.74, 6) is -0.298. The minimum atomic E-state index is -4.69. The van der Waals surface area contributed by atoms with Crippen LogP contribution in [0.1, 0.15) is 21.7 Å². The summed E-state index contributed by atoms with van der Waals surface area (Å²) < 4.78 is 49.0. The van der Waals surface area contributed by atoms with Gasteiger partial charge in [-0.25, -0.2) is 4.79 Å². The smallest absolute Gasteiger partial charge is 0.436 e. The number of halogens is 4. The van der Waals surface area contributed by atoms with E-state index < -0.39 is 22.3 Å². The summed E-state index contributed by atoms with van der Waals surface area (Å²) >= 11 is 2.79. The van der Waals surface area contributed by atoms with Crippen molar-refractivity contribution >= 4 is 21.9 Å². The van der Waals surface area contributed by atoms with Crippen LogP contribution in [0.4, 0.5) is 13.2 Å². The highest BCUT2D eigenvalue weighted by molar-refractivity contribution is 9.10. The summed E-state index contributed by atoms with van der Waals surface area (Å²) in [6.45, 7) is -0.0247. The zero-order valence-electron chi connectivity index (χ0n) is 12.1. The van der Waals surface area contributed by atoms with E-state index in [0.29, 0.717) is 11.3 Å². The van der Waals surface area contributed by atoms with Crippen molar-refractivity contribution in [2.45, 2.75) is 12.7 Å². The molecule has 0 N–H and O–H groups in total. The Hall–Kier alpha value is -2.03. The highest BCUT2D eigenvalue weighted by Gasteiger charge is 2.40. The fraction of sp³-hybridized carbons (Fsp3) is 0.286. The number of rotatable bonds is 4. The predicted molar refractivity (Wildman–Crippen MR) is 78.4 cm³/mol. The lowest BCUT2D eigenvalue weighted by Crippen LogP contribution is -2.13. The third kappa shape index (κ3) is 3.66. The van der Waals surface area contributed by atoms with Gasteiger partial charge in [-0.1, -0.05) is 12.1 Å². The van der Waals surface area contributed by atoms with Gasteiger partial charge in [0.2, 0.25) is 0 Å². The molecule has 124 valence electrons. The SMILES string of the molecule is COC(=O)c1c(Br)c(C(F)(F)F)nn1Cc1ccc(OC)cc1. The highest BCUT2D eigenvalue weighted by Crippen LogP contribution is 2.36. The van der Waals surface area contributed by atoms with Crippen LogP contribution < -0.4 is 4.74 Å². The van der Waals surface area contributed by atoms with Gasteiger partial charge in [0.25, 0.3) is 0 Å². The summed E-state index contributed by atoms with van der Waals surface area (Å²) in [7, 11) is 2.59. The van der Waals surface area contributed by atoms with Gasteiger partial charge in [-0.2, -0.15) is 18.3 Å². The van der Waals surface area contributed by atoms with Crippen molar-refractivity contribution in [1.29, 1.82) is 0 Å². The molecule has 0 saturated heterocycles. The molecule has 2 rings (SSSR count). The standard InChI is InChI=1S/C14H12BrF3N2O3/c1-22-9-5-3-8(4-6-9)7-20-11(13(21)23-2)10(15)12(19-20)14(16,17)18/h3-6H,7H2,1-2H3. The second kappa shape index (κ2) is 6.61. The predicted octanol–water partition coefficient (Wildman–Crippen LogP) is 3.51. The molecule has 0 spiro atoms. The maximum Gasteiger partial charge on any atom is 0.436 e. The Bertz CT molecular complexity index is 711. The quantitative estimate of drug-likeness (QED) is 0.747. The average molecular weight is 393 g/mol. The fourth-order valence-corrected chi connectivity index (χ4v) is 2.60. The molecule has 0 unspecified atom stereocenters. The molecule has 0 atom stereocenters. The van der Waals surface area contributed by atoms with E-state index >= 15 is 0 Å². The van der Waals surface area contributed by atoms with Crippen molar-refractivity contribution < 1.29 is 27.4 Å². The van der Waals surface area contributed by atoms with Crippen LogP contribution in [0.3, 0.4) is 0 Å². The Balaban J connectivity index is 2.45. The van der Waals surface area contributed by atoms with Gasteiger partial charge in [0.15, 0.2) is 11.4 Å². The lowest BCUT2D eigenvalue weighted by Gasteiger charge is -2.07. The molecule has 0 saturated carbocycles. The number of benzene rings is 1. The van der Waals surface area contributed by atoms with E-state index in [1.807, 2.05) is 0 Å². The van der Waals surface area contributed by atoms with Gasteiger partial charge in [-0.05, 0) is 33.6 Å². The Morgan fingerprint density at radius 2 is 1.87 bits per heavy atom. The zero-order valence-corrected chi connectivity index (χ0v) is 13.7. The monoisotopic (exact) mass is 392 g/mol. The Labute approximate surface area is 138 Å². The molecule has 0 aliphatic heterocycles. The van der Waals surface area contributed by atoms with Crippen LogP contribution in [0.2, 0.25) is 0 Å². The third-order valence-electron chi connectivity index (χ3n) is 3.03. The van der Waals surface area contributed by atoms with Gasteiger partial charge in [0.05, 0.1) is 25.2 Å². The molecule has 2 aromatic rings. The second-order valence-corrected chi connectivity index (χ2v) is 5.30. The Kier molecular flexibility index (Phi) is 4.98. The van der Waals surface area contributed by atoms with Crippen LogP contribution in [-0.4, -0.2) is 30.0 Å². The van der Waals surface area contributed by atoms with Crippen molar-refractivity contribution in [3.8, 4) is 5.75 Å². The first-order chi connectivity index (χ1) is 10.8. The molecule has 0 fully saturated rings. The number of ether oxygens (including phenoxy) is 2. The number of hydrogen-bond donors (Lipinski definition) is 0. The van der Waals surface area contributed by atoms with Crippen LogP contribution in [-0.2, 0) is 17.5 Å². The van der Waals surface area contributed by atoms with Crippen LogP contribution in [0, 0.1) is 0 Å². The molecule has 1 aromatic heterocycles. The molecule has 0 bridgehead atoms. The second-order valence-electron chi connectivity index (χ2n) is 4.51. The van der Waals surface area contributed by atoms with Crippen molar-refractivity contribution in [2.24, 2.45) is 0 Å². The van der Waals surface area contributed by atoms with Crippen LogP contribution in [0.5, 0.6) is 5.75 Å². The lowest BCUT2D eigenvalue weighted by atomic mass is 10.2. The minimum absolute atomic E-state index is 0.0247. The topological polar surface area (TPSA) is 53.3 Å². The Morgan fingerprint density at radius 3 is 2.35 bits per heavy atom. The molecular weight excluding hydrogens is 381 g/mol. The zero-order chi connectivity index (χ0) is 17.2. The number of nitrogens with zero attached hydrogens (tertiary/aromatic N) is 2. The molecule has 1 heterocycles. The van der Waals surface area contributed by atoms with Crippen molar-refractivity contribution in [2.75, 3.05) is 14.2 Å². The maximum absolute atomic E-state index is 13.0. The van der Waals surface area contributed by atoms with E-state index in [9.17, 15) is 18.0 Å². The molecule has 0 amide bonds. The van der Waals surface area contributed by atoms with Gasteiger partial charge < -0.3 is 9.47 Å². The van der Waals surface area contributed by atoms with E-state index in [0.717, 1.165) is 11.8 Å². The number of hydrogen-bond acceptors (Lipinski definition) is 4. The fourth-order valence-electron chi connectivity index (χ4n) is 1.93. The number of carbonyl (C=O) groups excluding carboxylic acids is 1. The molecule has 0 aliphatic carbocycles.